The molecule has 39 heavy (non-hydrogen) atoms. The van der Waals surface area contributed by atoms with E-state index in [4.69, 9.17) is 0 Å². The summed E-state index contributed by atoms with van der Waals surface area (Å²) < 4.78 is -0.740. The lowest BCUT2D eigenvalue weighted by Crippen LogP contribution is -2.57. The molecule has 0 radical (unpaired) electrons. The van der Waals surface area contributed by atoms with Crippen LogP contribution in [0.5, 0.6) is 0 Å². The Bertz CT molecular complexity index is 1200. The average Bonchev–Trinajstić information content (AvgIpc) is 3.53. The molecule has 208 valence electrons. The maximum Gasteiger partial charge on any atom is 0.244 e. The van der Waals surface area contributed by atoms with Gasteiger partial charge in [0.2, 0.25) is 17.7 Å². The zero-order chi connectivity index (χ0) is 27.7. The van der Waals surface area contributed by atoms with Gasteiger partial charge in [-0.2, -0.15) is 0 Å². The van der Waals surface area contributed by atoms with Gasteiger partial charge >= 0.3 is 0 Å². The van der Waals surface area contributed by atoms with Crippen molar-refractivity contribution in [2.45, 2.75) is 66.7 Å². The fourth-order valence-corrected chi connectivity index (χ4v) is 10.3. The maximum absolute atomic E-state index is 14.3. The van der Waals surface area contributed by atoms with Gasteiger partial charge < -0.3 is 20.6 Å². The van der Waals surface area contributed by atoms with E-state index in [1.165, 1.54) is 0 Å². The Kier molecular flexibility index (Phi) is 8.40. The number of halogens is 1. The molecule has 2 aromatic rings. The third-order valence-electron chi connectivity index (χ3n) is 8.24. The molecule has 3 amide bonds. The number of thioether (sulfide) groups is 1. The Morgan fingerprint density at radius 3 is 2.13 bits per heavy atom. The molecule has 3 aliphatic heterocycles. The molecule has 5 rings (SSSR count). The van der Waals surface area contributed by atoms with Gasteiger partial charge in [0.15, 0.2) is 0 Å². The van der Waals surface area contributed by atoms with Crippen LogP contribution in [0.1, 0.15) is 37.8 Å². The molecule has 3 aliphatic rings. The van der Waals surface area contributed by atoms with Gasteiger partial charge in [0, 0.05) is 23.2 Å². The van der Waals surface area contributed by atoms with E-state index in [0.717, 1.165) is 11.1 Å². The lowest BCUT2D eigenvalue weighted by molar-refractivity contribution is -0.143. The number of aliphatic hydroxyl groups excluding tert-OH is 1. The van der Waals surface area contributed by atoms with Crippen LogP contribution in [-0.4, -0.2) is 61.2 Å². The zero-order valence-electron chi connectivity index (χ0n) is 22.3. The van der Waals surface area contributed by atoms with Gasteiger partial charge in [0.05, 0.1) is 29.2 Å². The molecule has 2 bridgehead atoms. The van der Waals surface area contributed by atoms with Gasteiger partial charge in [-0.05, 0) is 29.9 Å². The van der Waals surface area contributed by atoms with E-state index in [1.54, 1.807) is 16.7 Å². The second-order valence-corrected chi connectivity index (χ2v) is 14.0. The molecule has 0 aliphatic carbocycles. The Balaban J connectivity index is 1.46. The molecule has 0 saturated carbocycles. The second kappa shape index (κ2) is 11.6. The van der Waals surface area contributed by atoms with Gasteiger partial charge in [0.25, 0.3) is 0 Å². The first kappa shape index (κ1) is 28.2. The first-order valence-electron chi connectivity index (χ1n) is 13.6. The van der Waals surface area contributed by atoms with Crippen molar-refractivity contribution in [2.75, 3.05) is 6.61 Å². The van der Waals surface area contributed by atoms with Crippen LogP contribution in [0, 0.1) is 17.8 Å². The fraction of sp³-hybridized carbons (Fsp3) is 0.500. The molecule has 3 heterocycles. The van der Waals surface area contributed by atoms with Crippen LogP contribution in [0.4, 0.5) is 0 Å². The van der Waals surface area contributed by atoms with Crippen LogP contribution >= 0.6 is 27.7 Å². The summed E-state index contributed by atoms with van der Waals surface area (Å²) >= 11 is 5.42. The van der Waals surface area contributed by atoms with Crippen molar-refractivity contribution in [3.05, 3.63) is 71.8 Å². The quantitative estimate of drug-likeness (QED) is 0.356. The summed E-state index contributed by atoms with van der Waals surface area (Å²) in [5.41, 5.74) is 1.96. The fourth-order valence-electron chi connectivity index (χ4n) is 6.66. The zero-order valence-corrected chi connectivity index (χ0v) is 24.7. The monoisotopic (exact) mass is 613 g/mol. The minimum absolute atomic E-state index is 0.000994. The van der Waals surface area contributed by atoms with Gasteiger partial charge in [0.1, 0.15) is 6.04 Å². The van der Waals surface area contributed by atoms with Gasteiger partial charge in [-0.15, -0.1) is 11.8 Å². The van der Waals surface area contributed by atoms with Gasteiger partial charge in [-0.3, -0.25) is 14.4 Å². The molecule has 2 aromatic carbocycles. The summed E-state index contributed by atoms with van der Waals surface area (Å²) in [4.78, 5) is 43.6. The highest BCUT2D eigenvalue weighted by molar-refractivity contribution is 9.09. The summed E-state index contributed by atoms with van der Waals surface area (Å²) in [6.45, 7) is 4.58. The first-order chi connectivity index (χ1) is 18.8. The number of hydrogen-bond donors (Lipinski definition) is 3. The number of carbonyl (C=O) groups is 3. The number of likely N-dealkylation sites (tertiary alicyclic amines) is 1. The van der Waals surface area contributed by atoms with Crippen LogP contribution in [0.25, 0.3) is 0 Å². The highest BCUT2D eigenvalue weighted by Gasteiger charge is 2.76. The van der Waals surface area contributed by atoms with Crippen molar-refractivity contribution in [2.24, 2.45) is 17.8 Å². The van der Waals surface area contributed by atoms with E-state index >= 15 is 0 Å². The highest BCUT2D eigenvalue weighted by atomic mass is 79.9. The molecule has 3 unspecified atom stereocenters. The summed E-state index contributed by atoms with van der Waals surface area (Å²) in [5.74, 6) is -1.53. The maximum atomic E-state index is 14.3. The number of amides is 3. The molecule has 0 aromatic heterocycles. The number of hydrogen-bond acceptors (Lipinski definition) is 5. The molecule has 7 atom stereocenters. The van der Waals surface area contributed by atoms with Crippen LogP contribution in [0.2, 0.25) is 0 Å². The van der Waals surface area contributed by atoms with E-state index in [1.807, 2.05) is 74.5 Å². The predicted octanol–water partition coefficient (Wildman–Crippen LogP) is 3.49. The number of alkyl halides is 1. The number of rotatable bonds is 10. The second-order valence-electron chi connectivity index (χ2n) is 11.3. The molecule has 7 nitrogen and oxygen atoms in total. The predicted molar refractivity (Wildman–Crippen MR) is 156 cm³/mol. The number of aliphatic hydroxyl groups is 1. The number of fused-ring (bicyclic) bond motifs is 1. The van der Waals surface area contributed by atoms with E-state index < -0.39 is 28.7 Å². The molecule has 3 saturated heterocycles. The minimum Gasteiger partial charge on any atom is -0.394 e. The van der Waals surface area contributed by atoms with Crippen molar-refractivity contribution in [3.8, 4) is 0 Å². The largest absolute Gasteiger partial charge is 0.394 e. The van der Waals surface area contributed by atoms with Crippen molar-refractivity contribution in [3.63, 3.8) is 0 Å². The molecular formula is C30H36BrN3O4S. The first-order valence-corrected chi connectivity index (χ1v) is 15.4. The molecule has 1 spiro atoms. The summed E-state index contributed by atoms with van der Waals surface area (Å²) in [5, 5.41) is 16.4. The number of benzene rings is 2. The third kappa shape index (κ3) is 5.25. The molecule has 9 heteroatoms. The third-order valence-corrected chi connectivity index (χ3v) is 11.5. The van der Waals surface area contributed by atoms with E-state index in [9.17, 15) is 19.5 Å². The van der Waals surface area contributed by atoms with E-state index in [2.05, 4.69) is 26.6 Å². The Labute approximate surface area is 242 Å². The number of nitrogens with one attached hydrogen (secondary N) is 2. The topological polar surface area (TPSA) is 98.7 Å². The lowest BCUT2D eigenvalue weighted by atomic mass is 9.70. The minimum atomic E-state index is -0.767. The summed E-state index contributed by atoms with van der Waals surface area (Å²) in [6.07, 6.45) is 1.19. The Morgan fingerprint density at radius 1 is 1.03 bits per heavy atom. The van der Waals surface area contributed by atoms with Crippen molar-refractivity contribution >= 4 is 45.4 Å². The Morgan fingerprint density at radius 2 is 1.59 bits per heavy atom. The van der Waals surface area contributed by atoms with E-state index in [0.29, 0.717) is 25.9 Å². The van der Waals surface area contributed by atoms with Crippen molar-refractivity contribution in [1.82, 2.24) is 15.5 Å². The van der Waals surface area contributed by atoms with E-state index in [-0.39, 0.29) is 40.3 Å². The molecule has 3 fully saturated rings. The summed E-state index contributed by atoms with van der Waals surface area (Å²) in [6, 6.07) is 18.1. The van der Waals surface area contributed by atoms with Crippen LogP contribution in [0.3, 0.4) is 0 Å². The van der Waals surface area contributed by atoms with Crippen LogP contribution < -0.4 is 10.6 Å². The standard InChI is InChI=1S/C30H36BrN3O4S/c1-18(2)13-21(17-35)34-26(28(37)33-16-20-11-7-4-8-12-20)30-14-22(31)25(39-30)23(24(30)29(34)38)27(36)32-15-19-9-5-3-6-10-19/h3-12,18,21-26,35H,13-17H2,1-2H3,(H,32,36)(H,33,37)/t21-,22?,23-,24+,25-,26?,30?/m1/s1. The van der Waals surface area contributed by atoms with Crippen molar-refractivity contribution < 1.29 is 19.5 Å². The summed E-state index contributed by atoms with van der Waals surface area (Å²) in [7, 11) is 0. The normalized spacial score (nSPS) is 29.9. The van der Waals surface area contributed by atoms with Crippen molar-refractivity contribution in [1.29, 1.82) is 0 Å². The number of nitrogens with zero attached hydrogens (tertiary/aromatic N) is 1. The average molecular weight is 615 g/mol. The lowest BCUT2D eigenvalue weighted by Gasteiger charge is -2.37. The smallest absolute Gasteiger partial charge is 0.244 e. The Hall–Kier alpha value is -2.36. The van der Waals surface area contributed by atoms with Crippen LogP contribution in [-0.2, 0) is 27.5 Å². The highest BCUT2D eigenvalue weighted by Crippen LogP contribution is 2.68. The molecule has 3 N–H and O–H groups in total. The number of carbonyl (C=O) groups excluding carboxylic acids is 3. The van der Waals surface area contributed by atoms with Gasteiger partial charge in [-0.1, -0.05) is 90.4 Å². The molecular weight excluding hydrogens is 578 g/mol. The van der Waals surface area contributed by atoms with Gasteiger partial charge in [-0.25, -0.2) is 0 Å². The van der Waals surface area contributed by atoms with Crippen LogP contribution in [0.15, 0.2) is 60.7 Å². The SMILES string of the molecule is CC(C)C[C@H](CO)N1C(=O)[C@@H]2[C@@H](C(=O)NCc3ccccc3)[C@@H]3SC2(CC3Br)C1C(=O)NCc1ccccc1.